The highest BCUT2D eigenvalue weighted by Gasteiger charge is 2.55. The van der Waals surface area contributed by atoms with E-state index >= 15 is 0 Å². The van der Waals surface area contributed by atoms with Crippen LogP contribution in [0.4, 0.5) is 4.79 Å². The van der Waals surface area contributed by atoms with Crippen molar-refractivity contribution in [3.8, 4) is 5.75 Å². The summed E-state index contributed by atoms with van der Waals surface area (Å²) in [4.78, 5) is 25.2. The molecule has 1 N–H and O–H groups in total. The van der Waals surface area contributed by atoms with Crippen molar-refractivity contribution in [2.75, 3.05) is 13.1 Å². The number of benzene rings is 1. The highest BCUT2D eigenvalue weighted by Crippen LogP contribution is 2.36. The lowest BCUT2D eigenvalue weighted by Crippen LogP contribution is -2.73. The van der Waals surface area contributed by atoms with Crippen molar-refractivity contribution in [3.63, 3.8) is 0 Å². The zero-order valence-electron chi connectivity index (χ0n) is 15.9. The van der Waals surface area contributed by atoms with Gasteiger partial charge in [-0.05, 0) is 46.8 Å². The lowest BCUT2D eigenvalue weighted by Gasteiger charge is -2.51. The SMILES string of the molecule is CC(C)(C)OC(=O)NCCN1C(=O)[C@@H](Oc2ccccc2)[C@H]1C(C)(C)Cl. The minimum absolute atomic E-state index is 0.140. The van der Waals surface area contributed by atoms with Gasteiger partial charge in [0.25, 0.3) is 5.91 Å². The number of para-hydroxylation sites is 1. The molecule has 144 valence electrons. The van der Waals surface area contributed by atoms with Crippen LogP contribution < -0.4 is 10.1 Å². The van der Waals surface area contributed by atoms with Crippen molar-refractivity contribution in [2.24, 2.45) is 0 Å². The topological polar surface area (TPSA) is 67.9 Å². The van der Waals surface area contributed by atoms with E-state index < -0.39 is 22.7 Å². The van der Waals surface area contributed by atoms with E-state index in [2.05, 4.69) is 5.32 Å². The number of amides is 2. The Labute approximate surface area is 159 Å². The number of hydrogen-bond acceptors (Lipinski definition) is 4. The molecule has 0 aromatic heterocycles. The summed E-state index contributed by atoms with van der Waals surface area (Å²) in [6.07, 6.45) is -1.14. The molecule has 2 rings (SSSR count). The van der Waals surface area contributed by atoms with E-state index in [1.165, 1.54) is 0 Å². The average Bonchev–Trinajstić information content (AvgIpc) is 2.50. The standard InChI is InChI=1S/C19H27ClN2O4/c1-18(2,3)26-17(24)21-11-12-22-15(19(4,5)20)14(16(22)23)25-13-9-7-6-8-10-13/h6-10,14-15H,11-12H2,1-5H3,(H,21,24)/t14-,15-/m0/s1. The van der Waals surface area contributed by atoms with Crippen LogP contribution in [0.25, 0.3) is 0 Å². The number of nitrogens with zero attached hydrogens (tertiary/aromatic N) is 1. The van der Waals surface area contributed by atoms with Crippen LogP contribution in [-0.4, -0.2) is 52.6 Å². The van der Waals surface area contributed by atoms with Gasteiger partial charge in [-0.15, -0.1) is 11.6 Å². The Balaban J connectivity index is 1.94. The average molecular weight is 383 g/mol. The van der Waals surface area contributed by atoms with Crippen LogP contribution in [0, 0.1) is 0 Å². The molecule has 1 fully saturated rings. The number of halogens is 1. The molecular weight excluding hydrogens is 356 g/mol. The Morgan fingerprint density at radius 3 is 2.35 bits per heavy atom. The van der Waals surface area contributed by atoms with Gasteiger partial charge in [0, 0.05) is 13.1 Å². The quantitative estimate of drug-likeness (QED) is 0.606. The van der Waals surface area contributed by atoms with Crippen molar-refractivity contribution < 1.29 is 19.1 Å². The Kier molecular flexibility index (Phi) is 6.06. The molecule has 0 bridgehead atoms. The van der Waals surface area contributed by atoms with E-state index in [-0.39, 0.29) is 18.5 Å². The molecule has 1 aliphatic rings. The van der Waals surface area contributed by atoms with Crippen molar-refractivity contribution in [1.82, 2.24) is 10.2 Å². The molecule has 7 heteroatoms. The minimum Gasteiger partial charge on any atom is -0.478 e. The third-order valence-electron chi connectivity index (χ3n) is 3.88. The number of carbonyl (C=O) groups is 2. The predicted octanol–water partition coefficient (Wildman–Crippen LogP) is 3.19. The fourth-order valence-electron chi connectivity index (χ4n) is 2.85. The van der Waals surface area contributed by atoms with Crippen molar-refractivity contribution in [3.05, 3.63) is 30.3 Å². The second-order valence-corrected chi connectivity index (χ2v) is 8.80. The van der Waals surface area contributed by atoms with Gasteiger partial charge in [-0.1, -0.05) is 18.2 Å². The molecule has 1 heterocycles. The molecule has 0 spiro atoms. The van der Waals surface area contributed by atoms with E-state index in [1.807, 2.05) is 32.0 Å². The molecule has 0 radical (unpaired) electrons. The van der Waals surface area contributed by atoms with Crippen LogP contribution in [-0.2, 0) is 9.53 Å². The van der Waals surface area contributed by atoms with Gasteiger partial charge in [0.15, 0.2) is 6.10 Å². The summed E-state index contributed by atoms with van der Waals surface area (Å²) in [5.74, 6) is 0.488. The number of likely N-dealkylation sites (tertiary alicyclic amines) is 1. The van der Waals surface area contributed by atoms with E-state index in [0.29, 0.717) is 12.3 Å². The summed E-state index contributed by atoms with van der Waals surface area (Å²) in [5, 5.41) is 2.66. The molecule has 6 nitrogen and oxygen atoms in total. The summed E-state index contributed by atoms with van der Waals surface area (Å²) in [6, 6.07) is 8.89. The maximum absolute atomic E-state index is 12.5. The normalized spacial score (nSPS) is 20.4. The molecule has 0 aliphatic carbocycles. The van der Waals surface area contributed by atoms with Gasteiger partial charge in [0.1, 0.15) is 11.4 Å². The van der Waals surface area contributed by atoms with Crippen LogP contribution >= 0.6 is 11.6 Å². The maximum atomic E-state index is 12.5. The first kappa shape index (κ1) is 20.4. The Morgan fingerprint density at radius 1 is 1.19 bits per heavy atom. The molecule has 1 aromatic rings. The second-order valence-electron chi connectivity index (χ2n) is 7.82. The van der Waals surface area contributed by atoms with Gasteiger partial charge in [0.2, 0.25) is 0 Å². The van der Waals surface area contributed by atoms with Gasteiger partial charge in [-0.3, -0.25) is 4.79 Å². The van der Waals surface area contributed by atoms with Gasteiger partial charge in [-0.25, -0.2) is 4.79 Å². The first-order valence-electron chi connectivity index (χ1n) is 8.67. The lowest BCUT2D eigenvalue weighted by molar-refractivity contribution is -0.165. The molecule has 0 unspecified atom stereocenters. The number of ether oxygens (including phenoxy) is 2. The van der Waals surface area contributed by atoms with Crippen LogP contribution in [0.3, 0.4) is 0 Å². The highest BCUT2D eigenvalue weighted by atomic mass is 35.5. The third kappa shape index (κ3) is 5.27. The minimum atomic E-state index is -0.667. The van der Waals surface area contributed by atoms with Gasteiger partial charge in [-0.2, -0.15) is 0 Å². The molecule has 1 aromatic carbocycles. The second kappa shape index (κ2) is 7.74. The zero-order valence-corrected chi connectivity index (χ0v) is 16.7. The molecule has 2 atom stereocenters. The fraction of sp³-hybridized carbons (Fsp3) is 0.579. The Bertz CT molecular complexity index is 637. The number of alkyl halides is 1. The number of alkyl carbamates (subject to hydrolysis) is 1. The van der Waals surface area contributed by atoms with E-state index in [1.54, 1.807) is 37.8 Å². The third-order valence-corrected chi connectivity index (χ3v) is 4.10. The van der Waals surface area contributed by atoms with Gasteiger partial charge in [0.05, 0.1) is 10.9 Å². The van der Waals surface area contributed by atoms with Crippen molar-refractivity contribution >= 4 is 23.6 Å². The molecule has 1 aliphatic heterocycles. The highest BCUT2D eigenvalue weighted by molar-refractivity contribution is 6.24. The largest absolute Gasteiger partial charge is 0.478 e. The Morgan fingerprint density at radius 2 is 1.81 bits per heavy atom. The Hall–Kier alpha value is -1.95. The lowest BCUT2D eigenvalue weighted by atomic mass is 9.87. The van der Waals surface area contributed by atoms with E-state index in [4.69, 9.17) is 21.1 Å². The smallest absolute Gasteiger partial charge is 0.407 e. The number of nitrogens with one attached hydrogen (secondary N) is 1. The summed E-state index contributed by atoms with van der Waals surface area (Å²) in [5.41, 5.74) is -0.564. The van der Waals surface area contributed by atoms with Gasteiger partial charge < -0.3 is 19.7 Å². The zero-order chi connectivity index (χ0) is 19.5. The van der Waals surface area contributed by atoms with Crippen molar-refractivity contribution in [1.29, 1.82) is 0 Å². The predicted molar refractivity (Wildman–Crippen MR) is 101 cm³/mol. The number of β-lactam (4-membered cyclic amide) rings is 1. The summed E-state index contributed by atoms with van der Waals surface area (Å²) in [6.45, 7) is 9.70. The summed E-state index contributed by atoms with van der Waals surface area (Å²) in [7, 11) is 0. The number of carbonyl (C=O) groups excluding carboxylic acids is 2. The van der Waals surface area contributed by atoms with Crippen molar-refractivity contribution in [2.45, 2.75) is 57.2 Å². The van der Waals surface area contributed by atoms with Crippen LogP contribution in [0.5, 0.6) is 5.75 Å². The van der Waals surface area contributed by atoms with E-state index in [9.17, 15) is 9.59 Å². The number of hydrogen-bond donors (Lipinski definition) is 1. The molecular formula is C19H27ClN2O4. The molecule has 0 saturated carbocycles. The van der Waals surface area contributed by atoms with E-state index in [0.717, 1.165) is 0 Å². The molecule has 1 saturated heterocycles. The number of rotatable bonds is 6. The van der Waals surface area contributed by atoms with Gasteiger partial charge >= 0.3 is 6.09 Å². The monoisotopic (exact) mass is 382 g/mol. The fourth-order valence-corrected chi connectivity index (χ4v) is 3.08. The molecule has 2 amide bonds. The first-order chi connectivity index (χ1) is 12.0. The molecule has 26 heavy (non-hydrogen) atoms. The van der Waals surface area contributed by atoms with Crippen LogP contribution in [0.2, 0.25) is 0 Å². The summed E-state index contributed by atoms with van der Waals surface area (Å²) < 4.78 is 11.0. The first-order valence-corrected chi connectivity index (χ1v) is 9.05. The van der Waals surface area contributed by atoms with Crippen LogP contribution in [0.1, 0.15) is 34.6 Å². The maximum Gasteiger partial charge on any atom is 0.407 e. The summed E-state index contributed by atoms with van der Waals surface area (Å²) >= 11 is 6.50. The van der Waals surface area contributed by atoms with Crippen LogP contribution in [0.15, 0.2) is 30.3 Å².